The van der Waals surface area contributed by atoms with Gasteiger partial charge in [-0.1, -0.05) is 30.3 Å². The van der Waals surface area contributed by atoms with E-state index in [2.05, 4.69) is 32.1 Å². The van der Waals surface area contributed by atoms with E-state index < -0.39 is 23.1 Å². The first kappa shape index (κ1) is 17.6. The lowest BCUT2D eigenvalue weighted by molar-refractivity contribution is -0.125. The van der Waals surface area contributed by atoms with E-state index in [1.807, 2.05) is 6.07 Å². The molecule has 1 aromatic rings. The molecule has 1 saturated heterocycles. The highest BCUT2D eigenvalue weighted by Gasteiger charge is 2.48. The first-order valence-corrected chi connectivity index (χ1v) is 8.33. The molecule has 8 heteroatoms. The van der Waals surface area contributed by atoms with Crippen molar-refractivity contribution in [1.82, 2.24) is 16.0 Å². The maximum absolute atomic E-state index is 12.4. The van der Waals surface area contributed by atoms with Gasteiger partial charge in [-0.15, -0.1) is 12.3 Å². The quantitative estimate of drug-likeness (QED) is 0.482. The van der Waals surface area contributed by atoms with Gasteiger partial charge in [-0.05, 0) is 5.56 Å². The molecule has 134 valence electrons. The van der Waals surface area contributed by atoms with E-state index in [4.69, 9.17) is 6.42 Å². The van der Waals surface area contributed by atoms with Crippen LogP contribution in [0, 0.1) is 12.3 Å². The summed E-state index contributed by atoms with van der Waals surface area (Å²) in [4.78, 5) is 36.3. The van der Waals surface area contributed by atoms with Crippen molar-refractivity contribution in [2.45, 2.75) is 36.9 Å². The van der Waals surface area contributed by atoms with Crippen molar-refractivity contribution in [3.8, 4) is 12.3 Å². The highest BCUT2D eigenvalue weighted by molar-refractivity contribution is 6.07. The van der Waals surface area contributed by atoms with Crippen molar-refractivity contribution in [3.63, 3.8) is 0 Å². The fraction of sp³-hybridized carbons (Fsp3) is 0.389. The summed E-state index contributed by atoms with van der Waals surface area (Å²) in [6, 6.07) is 8.21. The van der Waals surface area contributed by atoms with E-state index in [1.54, 1.807) is 24.3 Å². The molecule has 8 nitrogen and oxygen atoms in total. The van der Waals surface area contributed by atoms with Crippen LogP contribution < -0.4 is 16.0 Å². The first-order valence-electron chi connectivity index (χ1n) is 8.33. The number of imide groups is 1. The molecule has 2 aliphatic rings. The zero-order chi connectivity index (χ0) is 18.6. The summed E-state index contributed by atoms with van der Waals surface area (Å²) < 4.78 is 0. The number of terminal acetylenes is 1. The maximum atomic E-state index is 12.4. The Balaban J connectivity index is 1.61. The Hall–Kier alpha value is -3.21. The number of carbonyl (C=O) groups excluding carboxylic acids is 3. The number of benzene rings is 1. The lowest BCUT2D eigenvalue weighted by Crippen LogP contribution is -2.52. The van der Waals surface area contributed by atoms with E-state index in [-0.39, 0.29) is 18.9 Å². The summed E-state index contributed by atoms with van der Waals surface area (Å²) in [7, 11) is 0. The van der Waals surface area contributed by atoms with Crippen molar-refractivity contribution in [2.24, 2.45) is 10.2 Å². The fourth-order valence-electron chi connectivity index (χ4n) is 2.95. The number of carbonyl (C=O) groups is 3. The second kappa shape index (κ2) is 6.96. The SMILES string of the molecule is C#CCCC1(CCC(=O)NCC2(c3ccccc3)NC(=O)NC2=O)N=N1. The molecule has 3 rings (SSSR count). The topological polar surface area (TPSA) is 112 Å². The molecule has 0 aromatic heterocycles. The zero-order valence-electron chi connectivity index (χ0n) is 14.1. The van der Waals surface area contributed by atoms with E-state index >= 15 is 0 Å². The molecule has 0 radical (unpaired) electrons. The number of nitrogens with one attached hydrogen (secondary N) is 3. The largest absolute Gasteiger partial charge is 0.353 e. The average Bonchev–Trinajstić information content (AvgIpc) is 3.36. The minimum Gasteiger partial charge on any atom is -0.353 e. The van der Waals surface area contributed by atoms with Gasteiger partial charge < -0.3 is 10.6 Å². The Labute approximate surface area is 150 Å². The van der Waals surface area contributed by atoms with Gasteiger partial charge in [-0.2, -0.15) is 10.2 Å². The predicted molar refractivity (Wildman–Crippen MR) is 92.7 cm³/mol. The normalized spacial score (nSPS) is 22.3. The number of rotatable bonds is 8. The van der Waals surface area contributed by atoms with Gasteiger partial charge in [0.15, 0.2) is 11.2 Å². The minimum atomic E-state index is -1.32. The van der Waals surface area contributed by atoms with Gasteiger partial charge in [-0.3, -0.25) is 14.9 Å². The summed E-state index contributed by atoms with van der Waals surface area (Å²) in [6.07, 6.45) is 7.10. The number of hydrogen-bond donors (Lipinski definition) is 3. The predicted octanol–water partition coefficient (Wildman–Crippen LogP) is 1.19. The molecule has 3 N–H and O–H groups in total. The van der Waals surface area contributed by atoms with E-state index in [9.17, 15) is 14.4 Å². The molecule has 2 aliphatic heterocycles. The van der Waals surface area contributed by atoms with Gasteiger partial charge >= 0.3 is 6.03 Å². The third-order valence-electron chi connectivity index (χ3n) is 4.56. The van der Waals surface area contributed by atoms with Gasteiger partial charge in [0.1, 0.15) is 0 Å². The van der Waals surface area contributed by atoms with Crippen molar-refractivity contribution < 1.29 is 14.4 Å². The molecule has 0 bridgehead atoms. The van der Waals surface area contributed by atoms with Crippen molar-refractivity contribution in [2.75, 3.05) is 6.54 Å². The van der Waals surface area contributed by atoms with Crippen LogP contribution in [-0.2, 0) is 15.1 Å². The van der Waals surface area contributed by atoms with Crippen LogP contribution in [0.25, 0.3) is 0 Å². The average molecular weight is 353 g/mol. The minimum absolute atomic E-state index is 0.0426. The Kier molecular flexibility index (Phi) is 4.71. The number of amides is 4. The van der Waals surface area contributed by atoms with Crippen molar-refractivity contribution in [1.29, 1.82) is 0 Å². The summed E-state index contributed by atoms with van der Waals surface area (Å²) in [5.74, 6) is 1.80. The Morgan fingerprint density at radius 1 is 1.19 bits per heavy atom. The number of nitrogens with zero attached hydrogens (tertiary/aromatic N) is 2. The Morgan fingerprint density at radius 3 is 2.50 bits per heavy atom. The van der Waals surface area contributed by atoms with Crippen LogP contribution in [-0.4, -0.2) is 30.1 Å². The molecule has 0 saturated carbocycles. The van der Waals surface area contributed by atoms with E-state index in [0.717, 1.165) is 0 Å². The van der Waals surface area contributed by atoms with Gasteiger partial charge in [0.05, 0.1) is 6.54 Å². The monoisotopic (exact) mass is 353 g/mol. The van der Waals surface area contributed by atoms with Crippen LogP contribution >= 0.6 is 0 Å². The second-order valence-corrected chi connectivity index (χ2v) is 6.34. The molecule has 1 fully saturated rings. The van der Waals surface area contributed by atoms with Crippen LogP contribution in [0.3, 0.4) is 0 Å². The number of hydrogen-bond acceptors (Lipinski definition) is 5. The van der Waals surface area contributed by atoms with Crippen LogP contribution in [0.2, 0.25) is 0 Å². The van der Waals surface area contributed by atoms with Crippen LogP contribution in [0.5, 0.6) is 0 Å². The number of urea groups is 1. The van der Waals surface area contributed by atoms with Crippen molar-refractivity contribution >= 4 is 17.8 Å². The Bertz CT molecular complexity index is 793. The Morgan fingerprint density at radius 2 is 1.92 bits per heavy atom. The summed E-state index contributed by atoms with van der Waals surface area (Å²) in [5, 5.41) is 15.6. The van der Waals surface area contributed by atoms with E-state index in [1.165, 1.54) is 0 Å². The lowest BCUT2D eigenvalue weighted by atomic mass is 9.89. The smallest absolute Gasteiger partial charge is 0.322 e. The third-order valence-corrected chi connectivity index (χ3v) is 4.56. The van der Waals surface area contributed by atoms with Crippen LogP contribution in [0.1, 0.15) is 31.2 Å². The van der Waals surface area contributed by atoms with Gasteiger partial charge in [-0.25, -0.2) is 4.79 Å². The maximum Gasteiger partial charge on any atom is 0.322 e. The molecular formula is C18H19N5O3. The highest BCUT2D eigenvalue weighted by atomic mass is 16.2. The summed E-state index contributed by atoms with van der Waals surface area (Å²) >= 11 is 0. The highest BCUT2D eigenvalue weighted by Crippen LogP contribution is 2.37. The standard InChI is InChI=1S/C18H19N5O3/c1-2-3-10-17(22-23-17)11-9-14(24)19-12-18(13-7-5-4-6-8-13)15(25)20-16(26)21-18/h1,4-8H,3,9-12H2,(H,19,24)(H2,20,21,25,26). The summed E-state index contributed by atoms with van der Waals surface area (Å²) in [6.45, 7) is -0.0426. The molecule has 26 heavy (non-hydrogen) atoms. The molecule has 4 amide bonds. The molecule has 0 spiro atoms. The fourth-order valence-corrected chi connectivity index (χ4v) is 2.95. The van der Waals surface area contributed by atoms with Gasteiger partial charge in [0.2, 0.25) is 5.91 Å². The first-order chi connectivity index (χ1) is 12.5. The molecule has 1 aromatic carbocycles. The molecule has 2 heterocycles. The molecule has 1 unspecified atom stereocenters. The van der Waals surface area contributed by atoms with Gasteiger partial charge in [0.25, 0.3) is 5.91 Å². The van der Waals surface area contributed by atoms with Gasteiger partial charge in [0, 0.05) is 25.7 Å². The second-order valence-electron chi connectivity index (χ2n) is 6.34. The molecule has 1 atom stereocenters. The van der Waals surface area contributed by atoms with Crippen LogP contribution in [0.4, 0.5) is 4.79 Å². The summed E-state index contributed by atoms with van der Waals surface area (Å²) in [5.41, 5.74) is -1.25. The van der Waals surface area contributed by atoms with Crippen molar-refractivity contribution in [3.05, 3.63) is 35.9 Å². The zero-order valence-corrected chi connectivity index (χ0v) is 14.1. The molecule has 0 aliphatic carbocycles. The molecular weight excluding hydrogens is 334 g/mol. The lowest BCUT2D eigenvalue weighted by Gasteiger charge is -2.27. The third kappa shape index (κ3) is 3.57. The van der Waals surface area contributed by atoms with Crippen LogP contribution in [0.15, 0.2) is 40.6 Å². The van der Waals surface area contributed by atoms with E-state index in [0.29, 0.717) is 24.8 Å².